The smallest absolute Gasteiger partial charge is 0.420 e. The van der Waals surface area contributed by atoms with Gasteiger partial charge in [0.2, 0.25) is 0 Å². The Morgan fingerprint density at radius 2 is 1.76 bits per heavy atom. The Balaban J connectivity index is 2.09. The molecule has 1 fully saturated rings. The van der Waals surface area contributed by atoms with E-state index in [1.54, 1.807) is 18.2 Å². The summed E-state index contributed by atoms with van der Waals surface area (Å²) in [5.74, 6) is 1.48. The van der Waals surface area contributed by atoms with Gasteiger partial charge in [0, 0.05) is 0 Å². The lowest BCUT2D eigenvalue weighted by molar-refractivity contribution is 0.107. The fourth-order valence-corrected chi connectivity index (χ4v) is 4.16. The minimum Gasteiger partial charge on any atom is -0.496 e. The van der Waals surface area contributed by atoms with Crippen molar-refractivity contribution in [2.75, 3.05) is 20.4 Å². The number of hydrogen-bond donors (Lipinski definition) is 0. The summed E-state index contributed by atoms with van der Waals surface area (Å²) in [6.45, 7) is 0. The van der Waals surface area contributed by atoms with E-state index in [1.165, 1.54) is 39.9 Å². The second-order valence-corrected chi connectivity index (χ2v) is 6.99. The molecule has 0 amide bonds. The lowest BCUT2D eigenvalue weighted by atomic mass is 10.1. The third-order valence-corrected chi connectivity index (χ3v) is 5.42. The molecule has 5 heteroatoms. The molecule has 0 N–H and O–H groups in total. The maximum absolute atomic E-state index is 12.5. The molecule has 1 saturated carbocycles. The molecule has 0 saturated heterocycles. The number of carbonyl (C=O) groups excluding carboxylic acids is 1. The van der Waals surface area contributed by atoms with Crippen molar-refractivity contribution in [3.8, 4) is 11.5 Å². The minimum atomic E-state index is -1.93. The Bertz CT molecular complexity index is 499. The average Bonchev–Trinajstić information content (AvgIpc) is 3.04. The van der Waals surface area contributed by atoms with Crippen LogP contribution in [0.15, 0.2) is 18.2 Å². The van der Waals surface area contributed by atoms with Crippen LogP contribution in [-0.2, 0) is 4.57 Å². The molecule has 0 spiro atoms. The van der Waals surface area contributed by atoms with Gasteiger partial charge in [0.1, 0.15) is 11.5 Å². The molecule has 114 valence electrons. The Labute approximate surface area is 126 Å². The van der Waals surface area contributed by atoms with Crippen LogP contribution in [0.5, 0.6) is 11.5 Å². The van der Waals surface area contributed by atoms with Gasteiger partial charge in [-0.3, -0.25) is 0 Å². The van der Waals surface area contributed by atoms with Crippen LogP contribution in [0.4, 0.5) is 0 Å². The molecule has 1 aromatic rings. The van der Waals surface area contributed by atoms with Gasteiger partial charge in [0.05, 0.1) is 14.2 Å². The zero-order chi connectivity index (χ0) is 15.2. The van der Waals surface area contributed by atoms with Crippen molar-refractivity contribution < 1.29 is 18.8 Å². The standard InChI is InChI=1S/C16H22O4P/c1-19-13-8-5-9-14(20-2)15(13)16(17)21(18)11-10-12-6-3-4-7-12/h5,8-9,12H,3-4,6-7,10-11H2,1-2H3/q+1. The Morgan fingerprint density at radius 3 is 2.29 bits per heavy atom. The third-order valence-electron chi connectivity index (χ3n) is 4.08. The van der Waals surface area contributed by atoms with Crippen molar-refractivity contribution in [3.63, 3.8) is 0 Å². The molecule has 0 aliphatic heterocycles. The molecule has 0 aromatic heterocycles. The highest BCUT2D eigenvalue weighted by atomic mass is 31.1. The van der Waals surface area contributed by atoms with Gasteiger partial charge in [-0.1, -0.05) is 36.3 Å². The first-order valence-corrected chi connectivity index (χ1v) is 8.81. The van der Waals surface area contributed by atoms with Crippen molar-refractivity contribution in [2.24, 2.45) is 5.92 Å². The molecular formula is C16H22O4P+. The quantitative estimate of drug-likeness (QED) is 0.706. The van der Waals surface area contributed by atoms with Crippen molar-refractivity contribution in [1.82, 2.24) is 0 Å². The average molecular weight is 309 g/mol. The normalized spacial score (nSPS) is 15.8. The highest BCUT2D eigenvalue weighted by Crippen LogP contribution is 2.39. The van der Waals surface area contributed by atoms with Crippen LogP contribution in [-0.4, -0.2) is 25.9 Å². The highest BCUT2D eigenvalue weighted by molar-refractivity contribution is 7.64. The van der Waals surface area contributed by atoms with Gasteiger partial charge in [0.15, 0.2) is 11.7 Å². The summed E-state index contributed by atoms with van der Waals surface area (Å²) in [6, 6.07) is 5.13. The fraction of sp³-hybridized carbons (Fsp3) is 0.562. The predicted octanol–water partition coefficient (Wildman–Crippen LogP) is 4.25. The summed E-state index contributed by atoms with van der Waals surface area (Å²) >= 11 is 0. The molecule has 1 aliphatic carbocycles. The van der Waals surface area contributed by atoms with Crippen molar-refractivity contribution in [2.45, 2.75) is 32.1 Å². The molecule has 1 unspecified atom stereocenters. The molecule has 1 aliphatic rings. The lowest BCUT2D eigenvalue weighted by Crippen LogP contribution is -2.04. The molecule has 1 aromatic carbocycles. The summed E-state index contributed by atoms with van der Waals surface area (Å²) in [5, 5.41) is 0. The highest BCUT2D eigenvalue weighted by Gasteiger charge is 2.35. The van der Waals surface area contributed by atoms with Crippen LogP contribution >= 0.6 is 7.80 Å². The van der Waals surface area contributed by atoms with E-state index >= 15 is 0 Å². The maximum atomic E-state index is 12.5. The zero-order valence-corrected chi connectivity index (χ0v) is 13.5. The number of rotatable bonds is 7. The van der Waals surface area contributed by atoms with Crippen LogP contribution in [0.2, 0.25) is 0 Å². The lowest BCUT2D eigenvalue weighted by Gasteiger charge is -2.08. The predicted molar refractivity (Wildman–Crippen MR) is 82.9 cm³/mol. The second kappa shape index (κ2) is 7.56. The molecule has 0 radical (unpaired) electrons. The molecule has 1 atom stereocenters. The van der Waals surface area contributed by atoms with E-state index < -0.39 is 7.80 Å². The van der Waals surface area contributed by atoms with E-state index in [9.17, 15) is 9.36 Å². The van der Waals surface area contributed by atoms with Gasteiger partial charge in [0.25, 0.3) is 0 Å². The summed E-state index contributed by atoms with van der Waals surface area (Å²) in [5.41, 5.74) is -0.0627. The first-order valence-electron chi connectivity index (χ1n) is 7.37. The van der Waals surface area contributed by atoms with Gasteiger partial charge < -0.3 is 9.47 Å². The SMILES string of the molecule is COc1cccc(OC)c1C(=O)[P+](=O)CCC1CCCC1. The largest absolute Gasteiger partial charge is 0.496 e. The monoisotopic (exact) mass is 309 g/mol. The van der Waals surface area contributed by atoms with E-state index in [1.807, 2.05) is 0 Å². The van der Waals surface area contributed by atoms with Crippen LogP contribution in [0.1, 0.15) is 42.5 Å². The molecule has 2 rings (SSSR count). The summed E-state index contributed by atoms with van der Waals surface area (Å²) < 4.78 is 22.7. The topological polar surface area (TPSA) is 52.6 Å². The van der Waals surface area contributed by atoms with Crippen molar-refractivity contribution >= 4 is 13.3 Å². The first kappa shape index (κ1) is 16.0. The van der Waals surface area contributed by atoms with E-state index in [-0.39, 0.29) is 5.52 Å². The number of methoxy groups -OCH3 is 2. The van der Waals surface area contributed by atoms with E-state index in [2.05, 4.69) is 0 Å². The van der Waals surface area contributed by atoms with Crippen molar-refractivity contribution in [3.05, 3.63) is 23.8 Å². The van der Waals surface area contributed by atoms with E-state index in [0.29, 0.717) is 29.1 Å². The third kappa shape index (κ3) is 3.82. The Morgan fingerprint density at radius 1 is 1.19 bits per heavy atom. The Kier molecular flexibility index (Phi) is 5.75. The number of hydrogen-bond acceptors (Lipinski definition) is 4. The Hall–Kier alpha value is -1.41. The van der Waals surface area contributed by atoms with E-state index in [4.69, 9.17) is 9.47 Å². The second-order valence-electron chi connectivity index (χ2n) is 5.38. The summed E-state index contributed by atoms with van der Waals surface area (Å²) in [6.07, 6.45) is 6.26. The maximum Gasteiger partial charge on any atom is 0.420 e. The van der Waals surface area contributed by atoms with Gasteiger partial charge >= 0.3 is 13.3 Å². The fourth-order valence-electron chi connectivity index (χ4n) is 2.89. The minimum absolute atomic E-state index is 0.301. The molecular weight excluding hydrogens is 287 g/mol. The molecule has 0 heterocycles. The van der Waals surface area contributed by atoms with Gasteiger partial charge in [-0.25, -0.2) is 4.79 Å². The molecule has 4 nitrogen and oxygen atoms in total. The van der Waals surface area contributed by atoms with Crippen LogP contribution in [0, 0.1) is 5.92 Å². The number of ether oxygens (including phenoxy) is 2. The van der Waals surface area contributed by atoms with E-state index in [0.717, 1.165) is 6.42 Å². The molecule has 0 bridgehead atoms. The molecule has 21 heavy (non-hydrogen) atoms. The summed E-state index contributed by atoms with van der Waals surface area (Å²) in [7, 11) is 1.07. The number of benzene rings is 1. The van der Waals surface area contributed by atoms with Crippen molar-refractivity contribution in [1.29, 1.82) is 0 Å². The van der Waals surface area contributed by atoms with Gasteiger partial charge in [-0.15, -0.1) is 0 Å². The van der Waals surface area contributed by atoms with Gasteiger partial charge in [-0.05, 0) is 24.5 Å². The number of carbonyl (C=O) groups is 1. The summed E-state index contributed by atoms with van der Waals surface area (Å²) in [4.78, 5) is 12.5. The first-order chi connectivity index (χ1) is 10.2. The van der Waals surface area contributed by atoms with Crippen LogP contribution in [0.25, 0.3) is 0 Å². The van der Waals surface area contributed by atoms with Crippen LogP contribution in [0.3, 0.4) is 0 Å². The van der Waals surface area contributed by atoms with Crippen LogP contribution < -0.4 is 9.47 Å². The van der Waals surface area contributed by atoms with Gasteiger partial charge in [-0.2, -0.15) is 0 Å². The zero-order valence-electron chi connectivity index (χ0n) is 12.6.